The second kappa shape index (κ2) is 9.05. The SMILES string of the molecule is N#C/C(=C/c1ccccc1OCc1ccc(Cl)cc1Cl)c1cccc2ccccc12. The average Bonchev–Trinajstić information content (AvgIpc) is 2.77. The zero-order valence-electron chi connectivity index (χ0n) is 16.0. The Morgan fingerprint density at radius 1 is 0.900 bits per heavy atom. The molecular weight excluding hydrogens is 413 g/mol. The molecule has 4 rings (SSSR count). The van der Waals surface area contributed by atoms with E-state index < -0.39 is 0 Å². The molecule has 30 heavy (non-hydrogen) atoms. The standard InChI is InChI=1S/C26H17Cl2NO/c27-22-13-12-20(25(28)15-22)17-30-26-11-4-2-7-19(26)14-21(16-29)24-10-5-8-18-6-1-3-9-23(18)24/h1-15H,17H2/b21-14-. The van der Waals surface area contributed by atoms with E-state index in [4.69, 9.17) is 27.9 Å². The molecule has 0 bridgehead atoms. The molecule has 0 aliphatic rings. The van der Waals surface area contributed by atoms with Crippen LogP contribution < -0.4 is 4.74 Å². The number of nitriles is 1. The third-order valence-electron chi connectivity index (χ3n) is 4.82. The summed E-state index contributed by atoms with van der Waals surface area (Å²) >= 11 is 12.2. The van der Waals surface area contributed by atoms with E-state index in [1.165, 1.54) is 0 Å². The molecule has 4 heteroatoms. The van der Waals surface area contributed by atoms with E-state index in [0.717, 1.165) is 27.5 Å². The number of hydrogen-bond acceptors (Lipinski definition) is 2. The van der Waals surface area contributed by atoms with Gasteiger partial charge in [-0.25, -0.2) is 0 Å². The number of nitrogens with zero attached hydrogens (tertiary/aromatic N) is 1. The van der Waals surface area contributed by atoms with Gasteiger partial charge in [0.25, 0.3) is 0 Å². The zero-order chi connectivity index (χ0) is 20.9. The molecular formula is C26H17Cl2NO. The minimum absolute atomic E-state index is 0.303. The minimum atomic E-state index is 0.303. The van der Waals surface area contributed by atoms with Gasteiger partial charge in [-0.05, 0) is 35.0 Å². The molecule has 0 amide bonds. The summed E-state index contributed by atoms with van der Waals surface area (Å²) < 4.78 is 6.03. The van der Waals surface area contributed by atoms with Gasteiger partial charge >= 0.3 is 0 Å². The number of allylic oxidation sites excluding steroid dienone is 1. The van der Waals surface area contributed by atoms with Crippen molar-refractivity contribution in [2.24, 2.45) is 0 Å². The van der Waals surface area contributed by atoms with Crippen LogP contribution in [0.1, 0.15) is 16.7 Å². The molecule has 4 aromatic rings. The normalized spacial score (nSPS) is 11.3. The van der Waals surface area contributed by atoms with Gasteiger partial charge in [-0.3, -0.25) is 0 Å². The summed E-state index contributed by atoms with van der Waals surface area (Å²) in [5, 5.41) is 13.2. The first-order valence-electron chi connectivity index (χ1n) is 9.41. The molecule has 0 spiro atoms. The molecule has 0 unspecified atom stereocenters. The molecule has 0 aromatic heterocycles. The molecule has 2 nitrogen and oxygen atoms in total. The highest BCUT2D eigenvalue weighted by Crippen LogP contribution is 2.30. The number of para-hydroxylation sites is 1. The van der Waals surface area contributed by atoms with Gasteiger partial charge in [0.15, 0.2) is 0 Å². The van der Waals surface area contributed by atoms with Crippen LogP contribution in [0.25, 0.3) is 22.4 Å². The predicted octanol–water partition coefficient (Wildman–Crippen LogP) is 7.79. The molecule has 0 aliphatic heterocycles. The molecule has 0 N–H and O–H groups in total. The summed E-state index contributed by atoms with van der Waals surface area (Å²) in [6.07, 6.45) is 1.86. The third kappa shape index (κ3) is 4.33. The molecule has 0 saturated heterocycles. The number of ether oxygens (including phenoxy) is 1. The number of rotatable bonds is 5. The van der Waals surface area contributed by atoms with Crippen molar-refractivity contribution >= 4 is 45.6 Å². The fourth-order valence-electron chi connectivity index (χ4n) is 3.31. The van der Waals surface area contributed by atoms with Crippen molar-refractivity contribution in [2.75, 3.05) is 0 Å². The maximum absolute atomic E-state index is 9.87. The zero-order valence-corrected chi connectivity index (χ0v) is 17.5. The lowest BCUT2D eigenvalue weighted by Gasteiger charge is -2.11. The quantitative estimate of drug-likeness (QED) is 0.239. The predicted molar refractivity (Wildman–Crippen MR) is 125 cm³/mol. The second-order valence-corrected chi connectivity index (χ2v) is 7.60. The molecule has 0 saturated carbocycles. The van der Waals surface area contributed by atoms with Crippen molar-refractivity contribution in [1.82, 2.24) is 0 Å². The first-order chi connectivity index (χ1) is 14.7. The van der Waals surface area contributed by atoms with Gasteiger partial charge in [-0.2, -0.15) is 5.26 Å². The first kappa shape index (κ1) is 20.0. The van der Waals surface area contributed by atoms with Crippen LogP contribution in [0.3, 0.4) is 0 Å². The van der Waals surface area contributed by atoms with Gasteiger partial charge < -0.3 is 4.74 Å². The first-order valence-corrected chi connectivity index (χ1v) is 10.2. The molecule has 0 heterocycles. The fourth-order valence-corrected chi connectivity index (χ4v) is 3.77. The molecule has 4 aromatic carbocycles. The summed E-state index contributed by atoms with van der Waals surface area (Å²) in [7, 11) is 0. The fraction of sp³-hybridized carbons (Fsp3) is 0.0385. The van der Waals surface area contributed by atoms with Gasteiger partial charge in [-0.15, -0.1) is 0 Å². The lowest BCUT2D eigenvalue weighted by atomic mass is 9.97. The van der Waals surface area contributed by atoms with Crippen LogP contribution in [0, 0.1) is 11.3 Å². The smallest absolute Gasteiger partial charge is 0.127 e. The minimum Gasteiger partial charge on any atom is -0.488 e. The monoisotopic (exact) mass is 429 g/mol. The van der Waals surface area contributed by atoms with Gasteiger partial charge in [0.1, 0.15) is 12.4 Å². The van der Waals surface area contributed by atoms with Crippen molar-refractivity contribution < 1.29 is 4.74 Å². The van der Waals surface area contributed by atoms with Crippen molar-refractivity contribution in [3.8, 4) is 11.8 Å². The van der Waals surface area contributed by atoms with Crippen LogP contribution in [0.15, 0.2) is 84.9 Å². The van der Waals surface area contributed by atoms with E-state index in [9.17, 15) is 5.26 Å². The Morgan fingerprint density at radius 3 is 2.50 bits per heavy atom. The van der Waals surface area contributed by atoms with Gasteiger partial charge in [-0.1, -0.05) is 89.9 Å². The Balaban J connectivity index is 1.68. The van der Waals surface area contributed by atoms with Crippen LogP contribution in [-0.4, -0.2) is 0 Å². The number of halogens is 2. The van der Waals surface area contributed by atoms with Crippen LogP contribution >= 0.6 is 23.2 Å². The van der Waals surface area contributed by atoms with Crippen LogP contribution in [0.4, 0.5) is 0 Å². The van der Waals surface area contributed by atoms with Gasteiger partial charge in [0.2, 0.25) is 0 Å². The number of fused-ring (bicyclic) bond motifs is 1. The lowest BCUT2D eigenvalue weighted by Crippen LogP contribution is -1.98. The summed E-state index contributed by atoms with van der Waals surface area (Å²) in [4.78, 5) is 0. The number of hydrogen-bond donors (Lipinski definition) is 0. The van der Waals surface area contributed by atoms with Crippen molar-refractivity contribution in [2.45, 2.75) is 6.61 Å². The summed E-state index contributed by atoms with van der Waals surface area (Å²) in [6, 6.07) is 29.3. The van der Waals surface area contributed by atoms with Gasteiger partial charge in [0, 0.05) is 26.7 Å². The van der Waals surface area contributed by atoms with Crippen molar-refractivity contribution in [3.63, 3.8) is 0 Å². The number of benzene rings is 4. The topological polar surface area (TPSA) is 33.0 Å². The van der Waals surface area contributed by atoms with E-state index >= 15 is 0 Å². The molecule has 0 radical (unpaired) electrons. The second-order valence-electron chi connectivity index (χ2n) is 6.76. The molecule has 0 fully saturated rings. The maximum Gasteiger partial charge on any atom is 0.127 e. The highest BCUT2D eigenvalue weighted by atomic mass is 35.5. The molecule has 146 valence electrons. The Labute approximate surface area is 185 Å². The highest BCUT2D eigenvalue weighted by Gasteiger charge is 2.09. The van der Waals surface area contributed by atoms with E-state index in [2.05, 4.69) is 6.07 Å². The van der Waals surface area contributed by atoms with Gasteiger partial charge in [0.05, 0.1) is 11.6 Å². The Morgan fingerprint density at radius 2 is 1.67 bits per heavy atom. The Kier molecular flexibility index (Phi) is 6.05. The van der Waals surface area contributed by atoms with Crippen LogP contribution in [0.2, 0.25) is 10.0 Å². The third-order valence-corrected chi connectivity index (χ3v) is 5.40. The highest BCUT2D eigenvalue weighted by molar-refractivity contribution is 6.35. The van der Waals surface area contributed by atoms with E-state index in [1.54, 1.807) is 12.1 Å². The maximum atomic E-state index is 9.87. The Bertz CT molecular complexity index is 1280. The van der Waals surface area contributed by atoms with Crippen LogP contribution in [-0.2, 0) is 6.61 Å². The van der Waals surface area contributed by atoms with Crippen molar-refractivity contribution in [3.05, 3.63) is 112 Å². The largest absolute Gasteiger partial charge is 0.488 e. The molecule has 0 atom stereocenters. The summed E-state index contributed by atoms with van der Waals surface area (Å²) in [6.45, 7) is 0.303. The van der Waals surface area contributed by atoms with Crippen LogP contribution in [0.5, 0.6) is 5.75 Å². The van der Waals surface area contributed by atoms with E-state index in [1.807, 2.05) is 78.9 Å². The summed E-state index contributed by atoms with van der Waals surface area (Å²) in [5.41, 5.74) is 3.14. The average molecular weight is 430 g/mol. The Hall–Kier alpha value is -3.25. The summed E-state index contributed by atoms with van der Waals surface area (Å²) in [5.74, 6) is 0.677. The lowest BCUT2D eigenvalue weighted by molar-refractivity contribution is 0.305. The molecule has 0 aliphatic carbocycles. The van der Waals surface area contributed by atoms with E-state index in [0.29, 0.717) is 28.0 Å². The van der Waals surface area contributed by atoms with E-state index in [-0.39, 0.29) is 0 Å². The van der Waals surface area contributed by atoms with Crippen molar-refractivity contribution in [1.29, 1.82) is 5.26 Å².